The molecule has 2 aromatic carbocycles. The number of nitriles is 1. The van der Waals surface area contributed by atoms with Gasteiger partial charge in [-0.3, -0.25) is 4.90 Å². The lowest BCUT2D eigenvalue weighted by Crippen LogP contribution is -2.35. The Bertz CT molecular complexity index is 933. The average molecular weight is 352 g/mol. The molecular weight excluding hydrogens is 332 g/mol. The van der Waals surface area contributed by atoms with Crippen molar-refractivity contribution in [2.24, 2.45) is 0 Å². The maximum atomic E-state index is 10.5. The van der Waals surface area contributed by atoms with Gasteiger partial charge in [0.2, 0.25) is 0 Å². The lowest BCUT2D eigenvalue weighted by molar-refractivity contribution is 0.226. The van der Waals surface area contributed by atoms with Crippen LogP contribution in [0.4, 0.5) is 0 Å². The number of nitrogens with zero attached hydrogens (tertiary/aromatic N) is 2. The van der Waals surface area contributed by atoms with Crippen molar-refractivity contribution in [1.82, 2.24) is 4.90 Å². The summed E-state index contributed by atoms with van der Waals surface area (Å²) in [6.45, 7) is 0.764. The summed E-state index contributed by atoms with van der Waals surface area (Å²) in [7, 11) is 3.63. The van der Waals surface area contributed by atoms with Crippen LogP contribution in [-0.4, -0.2) is 42.4 Å². The summed E-state index contributed by atoms with van der Waals surface area (Å²) < 4.78 is 10.9. The Morgan fingerprint density at radius 3 is 2.73 bits per heavy atom. The minimum Gasteiger partial charge on any atom is -0.504 e. The fourth-order valence-electron chi connectivity index (χ4n) is 4.16. The molecule has 0 aromatic heterocycles. The van der Waals surface area contributed by atoms with E-state index >= 15 is 0 Å². The minimum atomic E-state index is -0.146. The number of aromatic hydroxyl groups is 2. The second-order valence-corrected chi connectivity index (χ2v) is 6.75. The molecule has 2 aromatic rings. The standard InChI is InChI=1S/C20H20N2O4/c1-22-5-3-11-8-16(24)20(25-2)19-13-10-17(26-6-4-21)15(23)9-12(13)7-14(22)18(11)19/h8-10,14,23-24H,3,5-7H2,1-2H3. The Hall–Kier alpha value is -2.91. The zero-order valence-electron chi connectivity index (χ0n) is 14.7. The number of phenols is 2. The monoisotopic (exact) mass is 352 g/mol. The molecule has 0 saturated carbocycles. The second kappa shape index (κ2) is 6.11. The van der Waals surface area contributed by atoms with Crippen LogP contribution in [-0.2, 0) is 12.8 Å². The SMILES string of the molecule is COc1c(O)cc2c3c1-c1cc(OCC#N)c(O)cc1CC3N(C)CC2. The van der Waals surface area contributed by atoms with E-state index in [2.05, 4.69) is 11.9 Å². The molecule has 0 fully saturated rings. The third-order valence-electron chi connectivity index (χ3n) is 5.35. The fourth-order valence-corrected chi connectivity index (χ4v) is 4.16. The van der Waals surface area contributed by atoms with Gasteiger partial charge in [-0.2, -0.15) is 5.26 Å². The minimum absolute atomic E-state index is 0.0141. The molecule has 1 heterocycles. The van der Waals surface area contributed by atoms with Gasteiger partial charge >= 0.3 is 0 Å². The topological polar surface area (TPSA) is 85.9 Å². The Morgan fingerprint density at radius 1 is 1.23 bits per heavy atom. The summed E-state index contributed by atoms with van der Waals surface area (Å²) in [5, 5.41) is 29.5. The van der Waals surface area contributed by atoms with E-state index in [-0.39, 0.29) is 29.9 Å². The van der Waals surface area contributed by atoms with E-state index in [0.29, 0.717) is 5.75 Å². The van der Waals surface area contributed by atoms with Crippen LogP contribution in [0.25, 0.3) is 11.1 Å². The van der Waals surface area contributed by atoms with Gasteiger partial charge in [-0.05, 0) is 60.3 Å². The summed E-state index contributed by atoms with van der Waals surface area (Å²) in [5.41, 5.74) is 4.97. The first kappa shape index (κ1) is 16.6. The molecule has 6 heteroatoms. The van der Waals surface area contributed by atoms with Gasteiger partial charge in [-0.15, -0.1) is 0 Å². The maximum absolute atomic E-state index is 10.5. The van der Waals surface area contributed by atoms with Gasteiger partial charge in [0.25, 0.3) is 0 Å². The number of ether oxygens (including phenoxy) is 2. The number of benzene rings is 2. The number of hydrogen-bond donors (Lipinski definition) is 2. The van der Waals surface area contributed by atoms with Crippen LogP contribution in [0.1, 0.15) is 22.7 Å². The molecule has 134 valence electrons. The second-order valence-electron chi connectivity index (χ2n) is 6.75. The molecule has 0 saturated heterocycles. The zero-order valence-corrected chi connectivity index (χ0v) is 14.7. The fraction of sp³-hybridized carbons (Fsp3) is 0.350. The highest BCUT2D eigenvalue weighted by Gasteiger charge is 2.36. The molecule has 2 N–H and O–H groups in total. The number of fused-ring (bicyclic) bond motifs is 2. The third kappa shape index (κ3) is 2.36. The third-order valence-corrected chi connectivity index (χ3v) is 5.35. The van der Waals surface area contributed by atoms with Gasteiger partial charge in [-0.25, -0.2) is 0 Å². The molecule has 0 spiro atoms. The molecule has 1 aliphatic carbocycles. The van der Waals surface area contributed by atoms with Crippen molar-refractivity contribution in [1.29, 1.82) is 5.26 Å². The quantitative estimate of drug-likeness (QED) is 0.883. The molecule has 26 heavy (non-hydrogen) atoms. The Labute approximate surface area is 151 Å². The van der Waals surface area contributed by atoms with E-state index < -0.39 is 0 Å². The molecule has 1 aliphatic heterocycles. The van der Waals surface area contributed by atoms with Crippen molar-refractivity contribution in [3.05, 3.63) is 34.9 Å². The predicted octanol–water partition coefficient (Wildman–Crippen LogP) is 2.76. The van der Waals surface area contributed by atoms with E-state index in [1.807, 2.05) is 6.07 Å². The molecule has 0 amide bonds. The van der Waals surface area contributed by atoms with E-state index in [0.717, 1.165) is 47.2 Å². The molecule has 0 bridgehead atoms. The van der Waals surface area contributed by atoms with E-state index in [4.69, 9.17) is 14.7 Å². The van der Waals surface area contributed by atoms with Gasteiger partial charge in [0.1, 0.15) is 6.07 Å². The highest BCUT2D eigenvalue weighted by Crippen LogP contribution is 2.53. The maximum Gasteiger partial charge on any atom is 0.174 e. The van der Waals surface area contributed by atoms with Crippen LogP contribution >= 0.6 is 0 Å². The van der Waals surface area contributed by atoms with Crippen molar-refractivity contribution in [3.8, 4) is 40.2 Å². The van der Waals surface area contributed by atoms with Crippen LogP contribution in [0.15, 0.2) is 18.2 Å². The van der Waals surface area contributed by atoms with E-state index in [1.165, 1.54) is 0 Å². The molecule has 2 aliphatic rings. The highest BCUT2D eigenvalue weighted by atomic mass is 16.5. The molecular formula is C20H20N2O4. The highest BCUT2D eigenvalue weighted by molar-refractivity contribution is 5.84. The van der Waals surface area contributed by atoms with Crippen LogP contribution in [0.2, 0.25) is 0 Å². The van der Waals surface area contributed by atoms with Gasteiger partial charge in [0, 0.05) is 18.2 Å². The summed E-state index contributed by atoms with van der Waals surface area (Å²) in [6, 6.07) is 7.31. The summed E-state index contributed by atoms with van der Waals surface area (Å²) in [5.74, 6) is 0.819. The summed E-state index contributed by atoms with van der Waals surface area (Å²) in [6.07, 6.45) is 1.62. The summed E-state index contributed by atoms with van der Waals surface area (Å²) in [4.78, 5) is 2.29. The molecule has 1 atom stereocenters. The number of phenolic OH excluding ortho intramolecular Hbond substituents is 2. The lowest BCUT2D eigenvalue weighted by atomic mass is 9.76. The first-order valence-electron chi connectivity index (χ1n) is 8.54. The van der Waals surface area contributed by atoms with Crippen molar-refractivity contribution in [3.63, 3.8) is 0 Å². The van der Waals surface area contributed by atoms with Gasteiger partial charge in [0.15, 0.2) is 29.6 Å². The van der Waals surface area contributed by atoms with Crippen molar-refractivity contribution >= 4 is 0 Å². The van der Waals surface area contributed by atoms with E-state index in [9.17, 15) is 10.2 Å². The number of likely N-dealkylation sites (N-methyl/N-ethyl adjacent to an activating group) is 1. The van der Waals surface area contributed by atoms with Crippen LogP contribution < -0.4 is 9.47 Å². The number of methoxy groups -OCH3 is 1. The van der Waals surface area contributed by atoms with Crippen LogP contribution in [0.5, 0.6) is 23.0 Å². The molecule has 0 radical (unpaired) electrons. The van der Waals surface area contributed by atoms with Crippen molar-refractivity contribution in [2.45, 2.75) is 18.9 Å². The normalized spacial score (nSPS) is 17.8. The molecule has 1 unspecified atom stereocenters. The van der Waals surface area contributed by atoms with Gasteiger partial charge in [0.05, 0.1) is 7.11 Å². The van der Waals surface area contributed by atoms with Crippen molar-refractivity contribution < 1.29 is 19.7 Å². The lowest BCUT2D eigenvalue weighted by Gasteiger charge is -2.40. The predicted molar refractivity (Wildman–Crippen MR) is 95.6 cm³/mol. The number of hydrogen-bond acceptors (Lipinski definition) is 6. The zero-order chi connectivity index (χ0) is 18.4. The van der Waals surface area contributed by atoms with Gasteiger partial charge in [-0.1, -0.05) is 0 Å². The van der Waals surface area contributed by atoms with Crippen molar-refractivity contribution in [2.75, 3.05) is 27.3 Å². The largest absolute Gasteiger partial charge is 0.504 e. The first-order chi connectivity index (χ1) is 12.5. The van der Waals surface area contributed by atoms with Gasteiger partial charge < -0.3 is 19.7 Å². The first-order valence-corrected chi connectivity index (χ1v) is 8.54. The Kier molecular flexibility index (Phi) is 3.89. The average Bonchev–Trinajstić information content (AvgIpc) is 2.62. The molecule has 4 rings (SSSR count). The van der Waals surface area contributed by atoms with E-state index in [1.54, 1.807) is 25.3 Å². The number of rotatable bonds is 3. The molecule has 6 nitrogen and oxygen atoms in total. The smallest absolute Gasteiger partial charge is 0.174 e. The summed E-state index contributed by atoms with van der Waals surface area (Å²) >= 11 is 0. The Morgan fingerprint density at radius 2 is 2.00 bits per heavy atom. The van der Waals surface area contributed by atoms with Crippen LogP contribution in [0.3, 0.4) is 0 Å². The Balaban J connectivity index is 2.00. The van der Waals surface area contributed by atoms with Crippen LogP contribution in [0, 0.1) is 11.3 Å².